The highest BCUT2D eigenvalue weighted by molar-refractivity contribution is 5.58. The van der Waals surface area contributed by atoms with Gasteiger partial charge in [0.05, 0.1) is 7.11 Å². The summed E-state index contributed by atoms with van der Waals surface area (Å²) < 4.78 is 10.7. The van der Waals surface area contributed by atoms with Gasteiger partial charge in [-0.25, -0.2) is 0 Å². The Kier molecular flexibility index (Phi) is 4.97. The van der Waals surface area contributed by atoms with Gasteiger partial charge >= 0.3 is 0 Å². The third-order valence-electron chi connectivity index (χ3n) is 4.27. The van der Waals surface area contributed by atoms with Gasteiger partial charge in [0.1, 0.15) is 11.6 Å². The lowest BCUT2D eigenvalue weighted by Crippen LogP contribution is -2.04. The van der Waals surface area contributed by atoms with Gasteiger partial charge in [0, 0.05) is 17.7 Å². The van der Waals surface area contributed by atoms with Crippen molar-refractivity contribution in [1.82, 2.24) is 20.3 Å². The summed E-state index contributed by atoms with van der Waals surface area (Å²) in [4.78, 5) is 4.41. The topological polar surface area (TPSA) is 86.0 Å². The Morgan fingerprint density at radius 3 is 2.54 bits per heavy atom. The van der Waals surface area contributed by atoms with Gasteiger partial charge < -0.3 is 14.6 Å². The van der Waals surface area contributed by atoms with E-state index in [-0.39, 0.29) is 0 Å². The molecule has 0 unspecified atom stereocenters. The summed E-state index contributed by atoms with van der Waals surface area (Å²) in [7, 11) is 1.66. The molecular formula is C21H19N5O2. The molecule has 0 aliphatic heterocycles. The zero-order chi connectivity index (χ0) is 19.3. The molecule has 0 spiro atoms. The molecule has 7 nitrogen and oxygen atoms in total. The highest BCUT2D eigenvalue weighted by Crippen LogP contribution is 2.22. The van der Waals surface area contributed by atoms with Crippen molar-refractivity contribution in [1.29, 1.82) is 0 Å². The number of benzene rings is 2. The number of anilines is 1. The Bertz CT molecular complexity index is 1060. The average Bonchev–Trinajstić information content (AvgIpc) is 3.23. The van der Waals surface area contributed by atoms with E-state index in [9.17, 15) is 0 Å². The summed E-state index contributed by atoms with van der Waals surface area (Å²) in [5.74, 6) is 2.33. The van der Waals surface area contributed by atoms with Gasteiger partial charge in [-0.1, -0.05) is 53.2 Å². The predicted molar refractivity (Wildman–Crippen MR) is 106 cm³/mol. The second-order valence-electron chi connectivity index (χ2n) is 6.26. The van der Waals surface area contributed by atoms with E-state index < -0.39 is 0 Å². The van der Waals surface area contributed by atoms with E-state index in [0.29, 0.717) is 29.8 Å². The van der Waals surface area contributed by atoms with Crippen molar-refractivity contribution in [3.63, 3.8) is 0 Å². The number of aromatic nitrogens is 4. The smallest absolute Gasteiger partial charge is 0.278 e. The fourth-order valence-corrected chi connectivity index (χ4v) is 2.72. The molecule has 0 aliphatic carbocycles. The highest BCUT2D eigenvalue weighted by Gasteiger charge is 2.12. The minimum absolute atomic E-state index is 0.333. The van der Waals surface area contributed by atoms with Crippen LogP contribution >= 0.6 is 0 Å². The van der Waals surface area contributed by atoms with E-state index in [1.165, 1.54) is 5.56 Å². The molecule has 1 N–H and O–H groups in total. The summed E-state index contributed by atoms with van der Waals surface area (Å²) in [6, 6.07) is 19.4. The van der Waals surface area contributed by atoms with Crippen molar-refractivity contribution in [3.05, 3.63) is 71.8 Å². The van der Waals surface area contributed by atoms with Crippen molar-refractivity contribution >= 4 is 5.82 Å². The standard InChI is InChI=1S/C21H19N5O2/c1-14-7-9-15(10-8-14)20-23-21(28-26-20)17-11-12-19(25-24-17)22-13-16-5-3-4-6-18(16)27-2/h3-12H,13H2,1-2H3,(H,22,25). The molecule has 0 saturated carbocycles. The fraction of sp³-hybridized carbons (Fsp3) is 0.143. The van der Waals surface area contributed by atoms with Crippen LogP contribution in [-0.4, -0.2) is 27.4 Å². The number of nitrogens with zero attached hydrogens (tertiary/aromatic N) is 4. The zero-order valence-corrected chi connectivity index (χ0v) is 15.6. The van der Waals surface area contributed by atoms with Gasteiger partial charge in [-0.05, 0) is 25.1 Å². The highest BCUT2D eigenvalue weighted by atomic mass is 16.5. The molecule has 4 rings (SSSR count). The first-order valence-electron chi connectivity index (χ1n) is 8.83. The number of para-hydroxylation sites is 1. The van der Waals surface area contributed by atoms with Gasteiger partial charge in [-0.3, -0.25) is 0 Å². The predicted octanol–water partition coefficient (Wildman–Crippen LogP) is 4.12. The minimum atomic E-state index is 0.333. The van der Waals surface area contributed by atoms with Gasteiger partial charge in [-0.2, -0.15) is 4.98 Å². The van der Waals surface area contributed by atoms with Gasteiger partial charge in [0.15, 0.2) is 5.69 Å². The Labute approximate surface area is 162 Å². The van der Waals surface area contributed by atoms with Crippen LogP contribution in [0.4, 0.5) is 5.82 Å². The molecule has 2 aromatic carbocycles. The van der Waals surface area contributed by atoms with Crippen molar-refractivity contribution in [3.8, 4) is 28.7 Å². The lowest BCUT2D eigenvalue weighted by molar-refractivity contribution is 0.410. The van der Waals surface area contributed by atoms with Crippen LogP contribution in [0, 0.1) is 6.92 Å². The minimum Gasteiger partial charge on any atom is -0.496 e. The number of nitrogens with one attached hydrogen (secondary N) is 1. The maximum Gasteiger partial charge on any atom is 0.278 e. The molecule has 0 fully saturated rings. The number of ether oxygens (including phenoxy) is 1. The largest absolute Gasteiger partial charge is 0.496 e. The lowest BCUT2D eigenvalue weighted by Gasteiger charge is -2.09. The Morgan fingerprint density at radius 1 is 0.964 bits per heavy atom. The van der Waals surface area contributed by atoms with E-state index >= 15 is 0 Å². The number of hydrogen-bond donors (Lipinski definition) is 1. The van der Waals surface area contributed by atoms with E-state index in [2.05, 4.69) is 25.7 Å². The van der Waals surface area contributed by atoms with E-state index in [4.69, 9.17) is 9.26 Å². The van der Waals surface area contributed by atoms with E-state index in [0.717, 1.165) is 16.9 Å². The first-order chi connectivity index (χ1) is 13.7. The van der Waals surface area contributed by atoms with E-state index in [1.807, 2.05) is 61.5 Å². The summed E-state index contributed by atoms with van der Waals surface area (Å²) in [5.41, 5.74) is 3.63. The molecule has 7 heteroatoms. The van der Waals surface area contributed by atoms with Crippen molar-refractivity contribution in [2.75, 3.05) is 12.4 Å². The van der Waals surface area contributed by atoms with E-state index in [1.54, 1.807) is 13.2 Å². The van der Waals surface area contributed by atoms with Crippen LogP contribution in [0.15, 0.2) is 65.2 Å². The molecule has 0 radical (unpaired) electrons. The number of aryl methyl sites for hydroxylation is 1. The molecule has 140 valence electrons. The van der Waals surface area contributed by atoms with Crippen LogP contribution in [0.3, 0.4) is 0 Å². The maximum atomic E-state index is 5.35. The molecule has 0 amide bonds. The second kappa shape index (κ2) is 7.87. The molecule has 28 heavy (non-hydrogen) atoms. The maximum absolute atomic E-state index is 5.35. The molecule has 0 saturated heterocycles. The summed E-state index contributed by atoms with van der Waals surface area (Å²) in [5, 5.41) is 15.6. The molecular weight excluding hydrogens is 354 g/mol. The third-order valence-corrected chi connectivity index (χ3v) is 4.27. The van der Waals surface area contributed by atoms with Gasteiger partial charge in [-0.15, -0.1) is 10.2 Å². The fourth-order valence-electron chi connectivity index (χ4n) is 2.72. The van der Waals surface area contributed by atoms with Crippen LogP contribution in [0.2, 0.25) is 0 Å². The number of rotatable bonds is 6. The van der Waals surface area contributed by atoms with Crippen LogP contribution in [0.25, 0.3) is 23.0 Å². The van der Waals surface area contributed by atoms with Crippen molar-refractivity contribution in [2.24, 2.45) is 0 Å². The van der Waals surface area contributed by atoms with Crippen LogP contribution < -0.4 is 10.1 Å². The van der Waals surface area contributed by atoms with Crippen LogP contribution in [-0.2, 0) is 6.54 Å². The van der Waals surface area contributed by atoms with Crippen molar-refractivity contribution in [2.45, 2.75) is 13.5 Å². The normalized spacial score (nSPS) is 10.6. The van der Waals surface area contributed by atoms with Crippen LogP contribution in [0.5, 0.6) is 5.75 Å². The Morgan fingerprint density at radius 2 is 1.79 bits per heavy atom. The first-order valence-corrected chi connectivity index (χ1v) is 8.83. The summed E-state index contributed by atoms with van der Waals surface area (Å²) in [6.07, 6.45) is 0. The molecule has 0 atom stereocenters. The lowest BCUT2D eigenvalue weighted by atomic mass is 10.1. The summed E-state index contributed by atoms with van der Waals surface area (Å²) >= 11 is 0. The monoisotopic (exact) mass is 373 g/mol. The average molecular weight is 373 g/mol. The SMILES string of the molecule is COc1ccccc1CNc1ccc(-c2nc(-c3ccc(C)cc3)no2)nn1. The number of methoxy groups -OCH3 is 1. The summed E-state index contributed by atoms with van der Waals surface area (Å²) in [6.45, 7) is 2.61. The van der Waals surface area contributed by atoms with Gasteiger partial charge in [0.2, 0.25) is 5.82 Å². The van der Waals surface area contributed by atoms with Gasteiger partial charge in [0.25, 0.3) is 5.89 Å². The molecule has 4 aromatic rings. The quantitative estimate of drug-likeness (QED) is 0.544. The van der Waals surface area contributed by atoms with Crippen LogP contribution in [0.1, 0.15) is 11.1 Å². The molecule has 0 bridgehead atoms. The molecule has 2 heterocycles. The Hall–Kier alpha value is -3.74. The molecule has 0 aliphatic rings. The zero-order valence-electron chi connectivity index (χ0n) is 15.6. The number of hydrogen-bond acceptors (Lipinski definition) is 7. The second-order valence-corrected chi connectivity index (χ2v) is 6.26. The molecule has 2 aromatic heterocycles. The Balaban J connectivity index is 1.45. The third kappa shape index (κ3) is 3.83. The van der Waals surface area contributed by atoms with Crippen molar-refractivity contribution < 1.29 is 9.26 Å². The first kappa shape index (κ1) is 17.7.